The highest BCUT2D eigenvalue weighted by Crippen LogP contribution is 2.28. The molecule has 2 aromatic carbocycles. The van der Waals surface area contributed by atoms with Gasteiger partial charge in [0.2, 0.25) is 5.91 Å². The van der Waals surface area contributed by atoms with Crippen molar-refractivity contribution in [1.82, 2.24) is 4.90 Å². The van der Waals surface area contributed by atoms with E-state index in [1.165, 1.54) is 35.9 Å². The van der Waals surface area contributed by atoms with E-state index in [1.807, 2.05) is 18.2 Å². The molecule has 1 aliphatic heterocycles. The number of amides is 1. The number of sulfonamides is 1. The van der Waals surface area contributed by atoms with E-state index < -0.39 is 15.8 Å². The van der Waals surface area contributed by atoms with Crippen molar-refractivity contribution in [2.24, 2.45) is 5.92 Å². The number of nitrogens with zero attached hydrogens (tertiary/aromatic N) is 2. The number of benzene rings is 2. The molecule has 0 unspecified atom stereocenters. The lowest BCUT2D eigenvalue weighted by atomic mass is 9.90. The molecule has 5 nitrogen and oxygen atoms in total. The fraction of sp³-hybridized carbons (Fsp3) is 0.292. The molecule has 1 amide bonds. The Bertz CT molecular complexity index is 1130. The van der Waals surface area contributed by atoms with Crippen LogP contribution in [0.5, 0.6) is 0 Å². The zero-order valence-electron chi connectivity index (χ0n) is 17.6. The molecule has 168 valence electrons. The van der Waals surface area contributed by atoms with Crippen molar-refractivity contribution >= 4 is 33.0 Å². The van der Waals surface area contributed by atoms with Crippen LogP contribution < -0.4 is 4.31 Å². The first-order valence-corrected chi connectivity index (χ1v) is 12.9. The van der Waals surface area contributed by atoms with Crippen molar-refractivity contribution < 1.29 is 17.6 Å². The van der Waals surface area contributed by atoms with Gasteiger partial charge in [-0.05, 0) is 66.5 Å². The summed E-state index contributed by atoms with van der Waals surface area (Å²) in [5.41, 5.74) is 1.56. The Morgan fingerprint density at radius 2 is 1.69 bits per heavy atom. The third-order valence-electron chi connectivity index (χ3n) is 5.77. The zero-order chi connectivity index (χ0) is 22.6. The van der Waals surface area contributed by atoms with Crippen LogP contribution in [-0.4, -0.2) is 38.9 Å². The average Bonchev–Trinajstić information content (AvgIpc) is 3.35. The van der Waals surface area contributed by atoms with Crippen molar-refractivity contribution in [3.63, 3.8) is 0 Å². The summed E-state index contributed by atoms with van der Waals surface area (Å²) in [6, 6.07) is 18.6. The summed E-state index contributed by atoms with van der Waals surface area (Å²) in [6.45, 7) is 0.897. The predicted octanol–water partition coefficient (Wildman–Crippen LogP) is 4.56. The standard InChI is InChI=1S/C24H25FN2O3S2/c25-21-8-10-22(11-9-21)27(32(29,30)24-7-4-16-31-24)18-23(28)26-14-12-20(13-15-26)17-19-5-2-1-3-6-19/h1-11,16,20H,12-15,17-18H2. The monoisotopic (exact) mass is 472 g/mol. The van der Waals surface area contributed by atoms with Crippen molar-refractivity contribution in [1.29, 1.82) is 0 Å². The number of likely N-dealkylation sites (tertiary alicyclic amines) is 1. The van der Waals surface area contributed by atoms with Crippen LogP contribution in [0.1, 0.15) is 18.4 Å². The Balaban J connectivity index is 1.45. The molecular formula is C24H25FN2O3S2. The number of hydrogen-bond donors (Lipinski definition) is 0. The summed E-state index contributed by atoms with van der Waals surface area (Å²) in [7, 11) is -3.93. The second kappa shape index (κ2) is 9.83. The highest BCUT2D eigenvalue weighted by molar-refractivity contribution is 7.94. The molecule has 0 bridgehead atoms. The third kappa shape index (κ3) is 5.19. The van der Waals surface area contributed by atoms with Crippen molar-refractivity contribution in [2.45, 2.75) is 23.5 Å². The number of piperidine rings is 1. The van der Waals surface area contributed by atoms with Crippen molar-refractivity contribution in [3.05, 3.63) is 83.5 Å². The van der Waals surface area contributed by atoms with E-state index in [4.69, 9.17) is 0 Å². The van der Waals surface area contributed by atoms with Gasteiger partial charge in [-0.1, -0.05) is 36.4 Å². The maximum absolute atomic E-state index is 13.4. The van der Waals surface area contributed by atoms with Gasteiger partial charge in [0.25, 0.3) is 10.0 Å². The molecular weight excluding hydrogens is 447 g/mol. The first kappa shape index (κ1) is 22.5. The number of anilines is 1. The molecule has 8 heteroatoms. The van der Waals surface area contributed by atoms with Gasteiger partial charge in [0.05, 0.1) is 5.69 Å². The topological polar surface area (TPSA) is 57.7 Å². The second-order valence-electron chi connectivity index (χ2n) is 7.93. The average molecular weight is 473 g/mol. The number of hydrogen-bond acceptors (Lipinski definition) is 4. The van der Waals surface area contributed by atoms with E-state index in [-0.39, 0.29) is 22.3 Å². The van der Waals surface area contributed by atoms with Gasteiger partial charge in [-0.3, -0.25) is 9.10 Å². The van der Waals surface area contributed by atoms with Gasteiger partial charge < -0.3 is 4.90 Å². The van der Waals surface area contributed by atoms with Crippen LogP contribution in [0.25, 0.3) is 0 Å². The maximum Gasteiger partial charge on any atom is 0.274 e. The first-order valence-electron chi connectivity index (χ1n) is 10.6. The minimum Gasteiger partial charge on any atom is -0.341 e. The number of carbonyl (C=O) groups is 1. The highest BCUT2D eigenvalue weighted by Gasteiger charge is 2.31. The Morgan fingerprint density at radius 1 is 1.00 bits per heavy atom. The summed E-state index contributed by atoms with van der Waals surface area (Å²) in [5, 5.41) is 1.68. The fourth-order valence-electron chi connectivity index (χ4n) is 4.00. The largest absolute Gasteiger partial charge is 0.341 e. The van der Waals surface area contributed by atoms with Crippen LogP contribution in [0, 0.1) is 11.7 Å². The molecule has 1 aliphatic rings. The van der Waals surface area contributed by atoms with Crippen LogP contribution in [-0.2, 0) is 21.2 Å². The van der Waals surface area contributed by atoms with E-state index >= 15 is 0 Å². The van der Waals surface area contributed by atoms with Gasteiger partial charge in [-0.2, -0.15) is 0 Å². The van der Waals surface area contributed by atoms with E-state index in [0.717, 1.165) is 34.9 Å². The molecule has 1 aromatic heterocycles. The van der Waals surface area contributed by atoms with Crippen molar-refractivity contribution in [2.75, 3.05) is 23.9 Å². The molecule has 2 heterocycles. The number of rotatable bonds is 7. The smallest absolute Gasteiger partial charge is 0.274 e. The maximum atomic E-state index is 13.4. The first-order chi connectivity index (χ1) is 15.4. The molecule has 1 fully saturated rings. The molecule has 0 N–H and O–H groups in total. The predicted molar refractivity (Wildman–Crippen MR) is 125 cm³/mol. The molecule has 1 saturated heterocycles. The molecule has 32 heavy (non-hydrogen) atoms. The Hall–Kier alpha value is -2.71. The van der Waals surface area contributed by atoms with E-state index in [1.54, 1.807) is 16.3 Å². The Labute approximate surface area is 192 Å². The lowest BCUT2D eigenvalue weighted by molar-refractivity contribution is -0.130. The fourth-order valence-corrected chi connectivity index (χ4v) is 6.52. The second-order valence-corrected chi connectivity index (χ2v) is 11.0. The van der Waals surface area contributed by atoms with Gasteiger partial charge in [0, 0.05) is 13.1 Å². The molecule has 3 aromatic rings. The lowest BCUT2D eigenvalue weighted by Crippen LogP contribution is -2.46. The van der Waals surface area contributed by atoms with Crippen LogP contribution in [0.4, 0.5) is 10.1 Å². The Kier molecular flexibility index (Phi) is 6.91. The van der Waals surface area contributed by atoms with Crippen molar-refractivity contribution in [3.8, 4) is 0 Å². The van der Waals surface area contributed by atoms with Crippen LogP contribution in [0.2, 0.25) is 0 Å². The molecule has 0 aliphatic carbocycles. The quantitative estimate of drug-likeness (QED) is 0.506. The SMILES string of the molecule is O=C(CN(c1ccc(F)cc1)S(=O)(=O)c1cccs1)N1CCC(Cc2ccccc2)CC1. The molecule has 0 spiro atoms. The summed E-state index contributed by atoms with van der Waals surface area (Å²) in [6.07, 6.45) is 2.75. The minimum absolute atomic E-state index is 0.149. The van der Waals surface area contributed by atoms with Crippen LogP contribution in [0.15, 0.2) is 76.3 Å². The van der Waals surface area contributed by atoms with Crippen LogP contribution in [0.3, 0.4) is 0 Å². The highest BCUT2D eigenvalue weighted by atomic mass is 32.2. The van der Waals surface area contributed by atoms with Gasteiger partial charge in [0.1, 0.15) is 16.6 Å². The van der Waals surface area contributed by atoms with Gasteiger partial charge >= 0.3 is 0 Å². The van der Waals surface area contributed by atoms with E-state index in [9.17, 15) is 17.6 Å². The normalized spacial score (nSPS) is 15.0. The minimum atomic E-state index is -3.93. The third-order valence-corrected chi connectivity index (χ3v) is 8.91. The lowest BCUT2D eigenvalue weighted by Gasteiger charge is -2.34. The zero-order valence-corrected chi connectivity index (χ0v) is 19.2. The summed E-state index contributed by atoms with van der Waals surface area (Å²) in [5.74, 6) is -0.203. The summed E-state index contributed by atoms with van der Waals surface area (Å²) < 4.78 is 41.1. The Morgan fingerprint density at radius 3 is 2.31 bits per heavy atom. The van der Waals surface area contributed by atoms with Gasteiger partial charge in [-0.25, -0.2) is 12.8 Å². The summed E-state index contributed by atoms with van der Waals surface area (Å²) >= 11 is 1.09. The number of halogens is 1. The van der Waals surface area contributed by atoms with Gasteiger partial charge in [0.15, 0.2) is 0 Å². The summed E-state index contributed by atoms with van der Waals surface area (Å²) in [4.78, 5) is 14.8. The number of carbonyl (C=O) groups excluding carboxylic acids is 1. The molecule has 0 saturated carbocycles. The van der Waals surface area contributed by atoms with E-state index in [2.05, 4.69) is 12.1 Å². The molecule has 0 atom stereocenters. The van der Waals surface area contributed by atoms with E-state index in [0.29, 0.717) is 19.0 Å². The molecule has 4 rings (SSSR count). The van der Waals surface area contributed by atoms with Crippen LogP contribution >= 0.6 is 11.3 Å². The van der Waals surface area contributed by atoms with Gasteiger partial charge in [-0.15, -0.1) is 11.3 Å². The molecule has 0 radical (unpaired) electrons. The number of thiophene rings is 1.